The monoisotopic (exact) mass is 750 g/mol. The van der Waals surface area contributed by atoms with E-state index in [2.05, 4.69) is 26.0 Å². The molecule has 0 spiro atoms. The number of primary amides is 1. The normalized spacial score (nSPS) is 20.7. The molecule has 1 saturated heterocycles. The van der Waals surface area contributed by atoms with Gasteiger partial charge in [-0.2, -0.15) is 0 Å². The summed E-state index contributed by atoms with van der Waals surface area (Å²) in [5, 5.41) is 0. The molecule has 5 aromatic rings. The van der Waals surface area contributed by atoms with Crippen LogP contribution in [0, 0.1) is 11.7 Å². The summed E-state index contributed by atoms with van der Waals surface area (Å²) < 4.78 is 27.9. The maximum absolute atomic E-state index is 14.6. The van der Waals surface area contributed by atoms with E-state index in [9.17, 15) is 14.0 Å². The number of halogens is 1. The van der Waals surface area contributed by atoms with Crippen molar-refractivity contribution >= 4 is 40.1 Å². The number of quaternary nitrogens is 1. The molecule has 0 radical (unpaired) electrons. The van der Waals surface area contributed by atoms with Crippen LogP contribution in [0.4, 0.5) is 21.5 Å². The molecule has 1 unspecified atom stereocenters. The third kappa shape index (κ3) is 7.73. The van der Waals surface area contributed by atoms with Crippen LogP contribution in [0.25, 0.3) is 11.3 Å². The van der Waals surface area contributed by atoms with Crippen LogP contribution in [0.15, 0.2) is 157 Å². The number of allylic oxidation sites excluding steroid dienone is 1. The van der Waals surface area contributed by atoms with Crippen LogP contribution in [-0.4, -0.2) is 36.4 Å². The van der Waals surface area contributed by atoms with E-state index in [0.717, 1.165) is 45.2 Å². The van der Waals surface area contributed by atoms with Gasteiger partial charge in [-0.05, 0) is 80.1 Å². The standard InChI is InChI=1S/C48H48FN3O4/c1-33(2)45-44(47(50)54)43(34-17-9-5-10-18-34)46(35-25-27-36(49)28-26-35)52(45,39-23-15-8-16-24-39)30-29-40-31-41(56-48(3,4)55-40)32-42(53)51(37-19-11-6-12-20-37)38-21-13-7-14-22-38/h5-28,33,40-41H,29-32H2,1-4H3,(H-,50,54)/p+1/t40-,41-,52?/m1/s1. The fraction of sp³-hybridized carbons (Fsp3) is 0.250. The number of para-hydroxylation sites is 3. The maximum Gasteiger partial charge on any atom is 0.255 e. The zero-order valence-electron chi connectivity index (χ0n) is 32.4. The summed E-state index contributed by atoms with van der Waals surface area (Å²) in [4.78, 5) is 29.8. The number of nitrogens with two attached hydrogens (primary N) is 1. The predicted octanol–water partition coefficient (Wildman–Crippen LogP) is 10.2. The predicted molar refractivity (Wildman–Crippen MR) is 222 cm³/mol. The Morgan fingerprint density at radius 3 is 1.80 bits per heavy atom. The third-order valence-electron chi connectivity index (χ3n) is 10.6. The van der Waals surface area contributed by atoms with Crippen LogP contribution in [0.5, 0.6) is 0 Å². The van der Waals surface area contributed by atoms with Crippen LogP contribution in [0.3, 0.4) is 0 Å². The maximum atomic E-state index is 14.6. The number of ether oxygens (including phenoxy) is 2. The number of rotatable bonds is 12. The quantitative estimate of drug-likeness (QED) is 0.129. The molecule has 2 aliphatic heterocycles. The number of nitrogens with zero attached hydrogens (tertiary/aromatic N) is 2. The number of hydrogen-bond donors (Lipinski definition) is 1. The van der Waals surface area contributed by atoms with Gasteiger partial charge in [-0.3, -0.25) is 14.5 Å². The van der Waals surface area contributed by atoms with Crippen molar-refractivity contribution in [2.45, 2.75) is 65.0 Å². The van der Waals surface area contributed by atoms with Crippen LogP contribution in [0.1, 0.15) is 58.1 Å². The molecule has 7 nitrogen and oxygen atoms in total. The van der Waals surface area contributed by atoms with Crippen LogP contribution < -0.4 is 15.1 Å². The first-order chi connectivity index (χ1) is 27.0. The topological polar surface area (TPSA) is 81.9 Å². The molecule has 2 amide bonds. The van der Waals surface area contributed by atoms with Crippen molar-refractivity contribution in [1.82, 2.24) is 4.48 Å². The molecule has 5 aromatic carbocycles. The fourth-order valence-electron chi connectivity index (χ4n) is 8.63. The van der Waals surface area contributed by atoms with Crippen molar-refractivity contribution in [2.75, 3.05) is 11.4 Å². The largest absolute Gasteiger partial charge is 0.365 e. The lowest BCUT2D eigenvalue weighted by atomic mass is 9.93. The second-order valence-electron chi connectivity index (χ2n) is 15.3. The summed E-state index contributed by atoms with van der Waals surface area (Å²) in [7, 11) is 0. The highest BCUT2D eigenvalue weighted by atomic mass is 19.1. The Hall–Kier alpha value is -5.67. The number of carbonyl (C=O) groups is 2. The molecular weight excluding hydrogens is 702 g/mol. The van der Waals surface area contributed by atoms with Gasteiger partial charge in [0.1, 0.15) is 22.8 Å². The van der Waals surface area contributed by atoms with E-state index in [1.54, 1.807) is 17.0 Å². The molecule has 286 valence electrons. The lowest BCUT2D eigenvalue weighted by Gasteiger charge is -2.44. The Morgan fingerprint density at radius 2 is 1.27 bits per heavy atom. The first-order valence-electron chi connectivity index (χ1n) is 19.3. The first-order valence-corrected chi connectivity index (χ1v) is 19.3. The van der Waals surface area contributed by atoms with Crippen LogP contribution >= 0.6 is 0 Å². The molecule has 2 heterocycles. The molecule has 2 aliphatic rings. The summed E-state index contributed by atoms with van der Waals surface area (Å²) in [6.45, 7) is 8.44. The zero-order chi connectivity index (χ0) is 39.5. The summed E-state index contributed by atoms with van der Waals surface area (Å²) in [5.41, 5.74) is 13.4. The van der Waals surface area contributed by atoms with Gasteiger partial charge in [0.15, 0.2) is 11.5 Å². The Morgan fingerprint density at radius 1 is 0.750 bits per heavy atom. The van der Waals surface area contributed by atoms with E-state index in [4.69, 9.17) is 15.2 Å². The summed E-state index contributed by atoms with van der Waals surface area (Å²) >= 11 is 0. The van der Waals surface area contributed by atoms with Crippen molar-refractivity contribution in [3.05, 3.63) is 174 Å². The highest BCUT2D eigenvalue weighted by molar-refractivity contribution is 6.20. The summed E-state index contributed by atoms with van der Waals surface area (Å²) in [6, 6.07) is 45.7. The van der Waals surface area contributed by atoms with Crippen molar-refractivity contribution in [2.24, 2.45) is 11.7 Å². The first kappa shape index (κ1) is 38.6. The highest BCUT2D eigenvalue weighted by Crippen LogP contribution is 2.54. The molecule has 0 saturated carbocycles. The molecule has 0 bridgehead atoms. The number of amides is 2. The Balaban J connectivity index is 1.30. The molecular formula is C48H49FN3O4+. The van der Waals surface area contributed by atoms with Gasteiger partial charge in [0.2, 0.25) is 5.91 Å². The van der Waals surface area contributed by atoms with Gasteiger partial charge in [0, 0.05) is 35.7 Å². The number of carbonyl (C=O) groups excluding carboxylic acids is 2. The van der Waals surface area contributed by atoms with Gasteiger partial charge in [0.05, 0.1) is 30.7 Å². The Bertz CT molecular complexity index is 2180. The molecule has 8 heteroatoms. The van der Waals surface area contributed by atoms with Gasteiger partial charge in [-0.25, -0.2) is 8.87 Å². The van der Waals surface area contributed by atoms with Gasteiger partial charge >= 0.3 is 0 Å². The fourth-order valence-corrected chi connectivity index (χ4v) is 8.63. The smallest absolute Gasteiger partial charge is 0.255 e. The SMILES string of the molecule is CC(C)C1=C(C(N)=O)C(c2ccccc2)=C(c2ccc(F)cc2)[N+]1(CC[C@@H]1C[C@H](CC(=O)N(c2ccccc2)c2ccccc2)OC(C)(C)O1)c1ccccc1. The van der Waals surface area contributed by atoms with Crippen molar-refractivity contribution in [1.29, 1.82) is 0 Å². The Kier molecular flexibility index (Phi) is 11.2. The van der Waals surface area contributed by atoms with E-state index in [1.807, 2.05) is 123 Å². The van der Waals surface area contributed by atoms with Crippen molar-refractivity contribution in [3.63, 3.8) is 0 Å². The lowest BCUT2D eigenvalue weighted by Crippen LogP contribution is -2.51. The van der Waals surface area contributed by atoms with Gasteiger partial charge in [0.25, 0.3) is 5.91 Å². The average molecular weight is 751 g/mol. The van der Waals surface area contributed by atoms with E-state index < -0.39 is 17.8 Å². The zero-order valence-corrected chi connectivity index (χ0v) is 32.4. The molecule has 7 rings (SSSR count). The number of anilines is 2. The minimum atomic E-state index is -0.972. The molecule has 56 heavy (non-hydrogen) atoms. The van der Waals surface area contributed by atoms with E-state index in [0.29, 0.717) is 25.0 Å². The summed E-state index contributed by atoms with van der Waals surface area (Å²) in [5.74, 6) is -2.04. The molecule has 1 fully saturated rings. The molecule has 3 atom stereocenters. The van der Waals surface area contributed by atoms with Crippen LogP contribution in [0.2, 0.25) is 0 Å². The van der Waals surface area contributed by atoms with Crippen molar-refractivity contribution < 1.29 is 23.5 Å². The average Bonchev–Trinajstić information content (AvgIpc) is 3.51. The number of benzene rings is 5. The van der Waals surface area contributed by atoms with Gasteiger partial charge in [-0.1, -0.05) is 98.8 Å². The van der Waals surface area contributed by atoms with Crippen molar-refractivity contribution in [3.8, 4) is 0 Å². The third-order valence-corrected chi connectivity index (χ3v) is 10.6. The number of hydrogen-bond acceptors (Lipinski definition) is 4. The van der Waals surface area contributed by atoms with Gasteiger partial charge in [-0.15, -0.1) is 0 Å². The second kappa shape index (κ2) is 16.2. The molecule has 0 aliphatic carbocycles. The minimum absolute atomic E-state index is 0.0821. The highest BCUT2D eigenvalue weighted by Gasteiger charge is 2.53. The molecule has 0 aromatic heterocycles. The van der Waals surface area contributed by atoms with Gasteiger partial charge < -0.3 is 15.2 Å². The van der Waals surface area contributed by atoms with Crippen LogP contribution in [-0.2, 0) is 19.1 Å². The second-order valence-corrected chi connectivity index (χ2v) is 15.3. The van der Waals surface area contributed by atoms with E-state index in [1.165, 1.54) is 12.1 Å². The molecule has 2 N–H and O–H groups in total. The van der Waals surface area contributed by atoms with E-state index in [-0.39, 0.29) is 34.7 Å². The lowest BCUT2D eigenvalue weighted by molar-refractivity contribution is -0.299. The van der Waals surface area contributed by atoms with E-state index >= 15 is 0 Å². The Labute approximate surface area is 329 Å². The minimum Gasteiger partial charge on any atom is -0.365 e. The summed E-state index contributed by atoms with van der Waals surface area (Å²) in [6.07, 6.45) is 0.434.